The molecule has 0 aromatic heterocycles. The molecule has 0 aliphatic carbocycles. The van der Waals surface area contributed by atoms with Crippen LogP contribution in [-0.2, 0) is 4.74 Å². The van der Waals surface area contributed by atoms with Crippen LogP contribution >= 0.6 is 0 Å². The van der Waals surface area contributed by atoms with Crippen molar-refractivity contribution in [3.8, 4) is 0 Å². The first-order valence-corrected chi connectivity index (χ1v) is 6.72. The Morgan fingerprint density at radius 3 is 2.58 bits per heavy atom. The van der Waals surface area contributed by atoms with Crippen LogP contribution in [0.25, 0.3) is 6.08 Å². The molecule has 0 atom stereocenters. The zero-order chi connectivity index (χ0) is 13.9. The summed E-state index contributed by atoms with van der Waals surface area (Å²) in [5.74, 6) is 0. The number of nitrogens with zero attached hydrogens (tertiary/aromatic N) is 1. The number of amides is 1. The molecule has 0 unspecified atom stereocenters. The summed E-state index contributed by atoms with van der Waals surface area (Å²) >= 11 is 0. The van der Waals surface area contributed by atoms with Crippen LogP contribution < -0.4 is 0 Å². The Hall–Kier alpha value is -1.77. The molecule has 1 aliphatic heterocycles. The highest BCUT2D eigenvalue weighted by atomic mass is 16.6. The maximum Gasteiger partial charge on any atom is 0.414 e. The van der Waals surface area contributed by atoms with Crippen molar-refractivity contribution in [1.82, 2.24) is 4.90 Å². The largest absolute Gasteiger partial charge is 0.443 e. The minimum absolute atomic E-state index is 0.243. The highest BCUT2D eigenvalue weighted by Gasteiger charge is 2.27. The predicted molar refractivity (Wildman–Crippen MR) is 76.6 cm³/mol. The number of hydrogen-bond acceptors (Lipinski definition) is 2. The van der Waals surface area contributed by atoms with Crippen molar-refractivity contribution >= 4 is 12.2 Å². The lowest BCUT2D eigenvalue weighted by Gasteiger charge is -2.25. The molecule has 0 bridgehead atoms. The van der Waals surface area contributed by atoms with E-state index in [1.54, 1.807) is 4.90 Å². The molecule has 1 heterocycles. The fourth-order valence-corrected chi connectivity index (χ4v) is 2.11. The smallest absolute Gasteiger partial charge is 0.414 e. The molecule has 0 N–H and O–H groups in total. The number of allylic oxidation sites excluding steroid dienone is 1. The van der Waals surface area contributed by atoms with Gasteiger partial charge in [0, 0.05) is 12.2 Å². The molecule has 0 spiro atoms. The first kappa shape index (κ1) is 13.7. The molecule has 2 rings (SSSR count). The van der Waals surface area contributed by atoms with Gasteiger partial charge in [-0.05, 0) is 45.3 Å². The minimum atomic E-state index is -0.447. The van der Waals surface area contributed by atoms with Gasteiger partial charge in [0.1, 0.15) is 5.60 Å². The second-order valence-corrected chi connectivity index (χ2v) is 5.78. The van der Waals surface area contributed by atoms with Crippen LogP contribution in [0.1, 0.15) is 39.2 Å². The average Bonchev–Trinajstić information content (AvgIpc) is 2.76. The van der Waals surface area contributed by atoms with Crippen LogP contribution in [0.15, 0.2) is 36.0 Å². The molecular weight excluding hydrogens is 238 g/mol. The second-order valence-electron chi connectivity index (χ2n) is 5.78. The molecule has 0 radical (unpaired) electrons. The van der Waals surface area contributed by atoms with Gasteiger partial charge in [0.25, 0.3) is 0 Å². The maximum absolute atomic E-state index is 12.1. The first-order valence-electron chi connectivity index (χ1n) is 6.72. The lowest BCUT2D eigenvalue weighted by Crippen LogP contribution is -2.34. The van der Waals surface area contributed by atoms with Gasteiger partial charge < -0.3 is 4.74 Å². The third-order valence-corrected chi connectivity index (χ3v) is 2.91. The topological polar surface area (TPSA) is 29.5 Å². The zero-order valence-corrected chi connectivity index (χ0v) is 11.8. The van der Waals surface area contributed by atoms with E-state index in [0.29, 0.717) is 0 Å². The van der Waals surface area contributed by atoms with E-state index < -0.39 is 5.60 Å². The van der Waals surface area contributed by atoms with Gasteiger partial charge in [0.2, 0.25) is 0 Å². The fraction of sp³-hybridized carbons (Fsp3) is 0.438. The Morgan fingerprint density at radius 2 is 1.95 bits per heavy atom. The number of likely N-dealkylation sites (tertiary alicyclic amines) is 1. The highest BCUT2D eigenvalue weighted by Crippen LogP contribution is 2.25. The monoisotopic (exact) mass is 259 g/mol. The van der Waals surface area contributed by atoms with Gasteiger partial charge in [-0.25, -0.2) is 4.79 Å². The van der Waals surface area contributed by atoms with Crippen molar-refractivity contribution in [3.63, 3.8) is 0 Å². The molecule has 1 amide bonds. The highest BCUT2D eigenvalue weighted by molar-refractivity contribution is 5.73. The Labute approximate surface area is 114 Å². The molecule has 1 saturated heterocycles. The molecular formula is C16H21NO2. The summed E-state index contributed by atoms with van der Waals surface area (Å²) in [7, 11) is 0. The van der Waals surface area contributed by atoms with Gasteiger partial charge in [-0.15, -0.1) is 0 Å². The molecule has 102 valence electrons. The maximum atomic E-state index is 12.1. The van der Waals surface area contributed by atoms with Gasteiger partial charge in [-0.3, -0.25) is 4.90 Å². The van der Waals surface area contributed by atoms with Gasteiger partial charge in [0.15, 0.2) is 0 Å². The van der Waals surface area contributed by atoms with Crippen molar-refractivity contribution in [2.24, 2.45) is 0 Å². The van der Waals surface area contributed by atoms with E-state index in [4.69, 9.17) is 4.74 Å². The van der Waals surface area contributed by atoms with E-state index in [-0.39, 0.29) is 6.09 Å². The van der Waals surface area contributed by atoms with Crippen LogP contribution in [0.4, 0.5) is 4.79 Å². The molecule has 1 aliphatic rings. The number of rotatable bonds is 1. The standard InChI is InChI=1S/C16H21NO2/c1-16(2,3)19-15(18)17-11-7-10-14(17)12-13-8-5-4-6-9-13/h4-6,8-9,12H,7,10-11H2,1-3H3/b14-12+. The number of carbonyl (C=O) groups is 1. The van der Waals surface area contributed by atoms with E-state index in [1.807, 2.05) is 51.1 Å². The molecule has 19 heavy (non-hydrogen) atoms. The number of ether oxygens (including phenoxy) is 1. The molecule has 3 heteroatoms. The number of hydrogen-bond donors (Lipinski definition) is 0. The summed E-state index contributed by atoms with van der Waals surface area (Å²) in [5, 5.41) is 0. The number of carbonyl (C=O) groups excluding carboxylic acids is 1. The van der Waals surface area contributed by atoms with Crippen molar-refractivity contribution in [2.45, 2.75) is 39.2 Å². The van der Waals surface area contributed by atoms with Gasteiger partial charge >= 0.3 is 6.09 Å². The molecule has 3 nitrogen and oxygen atoms in total. The van der Waals surface area contributed by atoms with Gasteiger partial charge in [0.05, 0.1) is 0 Å². The minimum Gasteiger partial charge on any atom is -0.443 e. The lowest BCUT2D eigenvalue weighted by atomic mass is 10.1. The first-order chi connectivity index (χ1) is 8.96. The van der Waals surface area contributed by atoms with Crippen LogP contribution in [0, 0.1) is 0 Å². The van der Waals surface area contributed by atoms with Crippen LogP contribution in [0.5, 0.6) is 0 Å². The van der Waals surface area contributed by atoms with Gasteiger partial charge in [-0.2, -0.15) is 0 Å². The Kier molecular flexibility index (Phi) is 3.93. The quantitative estimate of drug-likeness (QED) is 0.761. The second kappa shape index (κ2) is 5.47. The fourth-order valence-electron chi connectivity index (χ4n) is 2.11. The zero-order valence-electron chi connectivity index (χ0n) is 11.8. The SMILES string of the molecule is CC(C)(C)OC(=O)N1CCC/C1=C\c1ccccc1. The van der Waals surface area contributed by atoms with Crippen LogP contribution in [-0.4, -0.2) is 23.1 Å². The molecule has 1 aromatic rings. The van der Waals surface area contributed by atoms with E-state index in [1.165, 1.54) is 0 Å². The lowest BCUT2D eigenvalue weighted by molar-refractivity contribution is 0.0340. The van der Waals surface area contributed by atoms with Crippen LogP contribution in [0.3, 0.4) is 0 Å². The summed E-state index contributed by atoms with van der Waals surface area (Å²) in [6, 6.07) is 10.1. The van der Waals surface area contributed by atoms with Crippen molar-refractivity contribution in [2.75, 3.05) is 6.54 Å². The molecule has 1 aromatic carbocycles. The van der Waals surface area contributed by atoms with Crippen LogP contribution in [0.2, 0.25) is 0 Å². The summed E-state index contributed by atoms with van der Waals surface area (Å²) in [5.41, 5.74) is 1.71. The predicted octanol–water partition coefficient (Wildman–Crippen LogP) is 4.06. The Balaban J connectivity index is 2.13. The van der Waals surface area contributed by atoms with Gasteiger partial charge in [-0.1, -0.05) is 30.3 Å². The van der Waals surface area contributed by atoms with Crippen molar-refractivity contribution < 1.29 is 9.53 Å². The summed E-state index contributed by atoms with van der Waals surface area (Å²) in [6.45, 7) is 6.41. The van der Waals surface area contributed by atoms with E-state index >= 15 is 0 Å². The summed E-state index contributed by atoms with van der Waals surface area (Å²) in [4.78, 5) is 13.9. The summed E-state index contributed by atoms with van der Waals surface area (Å²) < 4.78 is 5.44. The third kappa shape index (κ3) is 3.85. The van der Waals surface area contributed by atoms with Crippen molar-refractivity contribution in [1.29, 1.82) is 0 Å². The van der Waals surface area contributed by atoms with E-state index in [0.717, 1.165) is 30.6 Å². The van der Waals surface area contributed by atoms with E-state index in [2.05, 4.69) is 6.08 Å². The normalized spacial score (nSPS) is 17.8. The molecule has 1 fully saturated rings. The Bertz CT molecular complexity index is 471. The third-order valence-electron chi connectivity index (χ3n) is 2.91. The summed E-state index contributed by atoms with van der Waals surface area (Å²) in [6.07, 6.45) is 3.75. The van der Waals surface area contributed by atoms with Crippen molar-refractivity contribution in [3.05, 3.63) is 41.6 Å². The average molecular weight is 259 g/mol. The van der Waals surface area contributed by atoms with E-state index in [9.17, 15) is 4.79 Å². The Morgan fingerprint density at radius 1 is 1.26 bits per heavy atom. The number of benzene rings is 1. The molecule has 0 saturated carbocycles.